The zero-order valence-corrected chi connectivity index (χ0v) is 12.0. The lowest BCUT2D eigenvalue weighted by Crippen LogP contribution is -1.96. The summed E-state index contributed by atoms with van der Waals surface area (Å²) in [6, 6.07) is 18.3. The zero-order chi connectivity index (χ0) is 14.8. The molecule has 0 aliphatic carbocycles. The van der Waals surface area contributed by atoms with Crippen LogP contribution in [0.2, 0.25) is 0 Å². The first-order valence-electron chi connectivity index (χ1n) is 7.19. The molecule has 0 N–H and O–H groups in total. The second-order valence-electron chi connectivity index (χ2n) is 4.84. The van der Waals surface area contributed by atoms with Crippen LogP contribution < -0.4 is 4.74 Å². The first-order valence-corrected chi connectivity index (χ1v) is 7.19. The van der Waals surface area contributed by atoms with E-state index in [1.807, 2.05) is 30.3 Å². The predicted octanol–water partition coefficient (Wildman–Crippen LogP) is 3.76. The van der Waals surface area contributed by atoms with Crippen molar-refractivity contribution in [3.8, 4) is 5.75 Å². The number of aryl methyl sites for hydroxylation is 1. The van der Waals surface area contributed by atoms with Crippen molar-refractivity contribution >= 4 is 6.47 Å². The lowest BCUT2D eigenvalue weighted by molar-refractivity contribution is -0.128. The van der Waals surface area contributed by atoms with Crippen LogP contribution >= 0.6 is 0 Å². The van der Waals surface area contributed by atoms with Gasteiger partial charge in [-0.1, -0.05) is 42.5 Å². The van der Waals surface area contributed by atoms with Crippen LogP contribution in [0.3, 0.4) is 0 Å². The molecule has 0 radical (unpaired) electrons. The van der Waals surface area contributed by atoms with Crippen molar-refractivity contribution in [3.63, 3.8) is 0 Å². The van der Waals surface area contributed by atoms with Crippen LogP contribution in [0.4, 0.5) is 0 Å². The first-order chi connectivity index (χ1) is 10.4. The summed E-state index contributed by atoms with van der Waals surface area (Å²) in [4.78, 5) is 10.0. The Labute approximate surface area is 125 Å². The normalized spacial score (nSPS) is 10.1. The molecule has 0 spiro atoms. The summed E-state index contributed by atoms with van der Waals surface area (Å²) in [6.07, 6.45) is 2.89. The summed E-state index contributed by atoms with van der Waals surface area (Å²) < 4.78 is 10.4. The molecule has 0 amide bonds. The molecule has 0 atom stereocenters. The van der Waals surface area contributed by atoms with E-state index in [9.17, 15) is 4.79 Å². The molecule has 3 nitrogen and oxygen atoms in total. The summed E-state index contributed by atoms with van der Waals surface area (Å²) in [5, 5.41) is 0. The van der Waals surface area contributed by atoms with Gasteiger partial charge in [0.05, 0.1) is 6.61 Å². The van der Waals surface area contributed by atoms with Gasteiger partial charge in [-0.25, -0.2) is 0 Å². The van der Waals surface area contributed by atoms with Crippen molar-refractivity contribution in [1.29, 1.82) is 0 Å². The molecule has 3 heteroatoms. The van der Waals surface area contributed by atoms with E-state index in [0.29, 0.717) is 19.7 Å². The van der Waals surface area contributed by atoms with Crippen molar-refractivity contribution < 1.29 is 14.3 Å². The average Bonchev–Trinajstić information content (AvgIpc) is 2.55. The van der Waals surface area contributed by atoms with E-state index in [0.717, 1.165) is 30.6 Å². The van der Waals surface area contributed by atoms with E-state index < -0.39 is 0 Å². The fourth-order valence-electron chi connectivity index (χ4n) is 2.06. The molecule has 0 bridgehead atoms. The standard InChI is InChI=1S/C18H20O3/c19-15-20-13-5-4-6-16-9-11-18(12-10-16)21-14-17-7-2-1-3-8-17/h1-3,7-12,15H,4-6,13-14H2. The SMILES string of the molecule is O=COCCCCc1ccc(OCc2ccccc2)cc1. The minimum atomic E-state index is 0.499. The molecule has 0 aliphatic rings. The van der Waals surface area contributed by atoms with Gasteiger partial charge in [0.1, 0.15) is 12.4 Å². The molecule has 2 rings (SSSR count). The van der Waals surface area contributed by atoms with Gasteiger partial charge < -0.3 is 9.47 Å². The third kappa shape index (κ3) is 5.69. The molecule has 110 valence electrons. The number of benzene rings is 2. The van der Waals surface area contributed by atoms with Crippen molar-refractivity contribution in [1.82, 2.24) is 0 Å². The van der Waals surface area contributed by atoms with Gasteiger partial charge in [0, 0.05) is 0 Å². The summed E-state index contributed by atoms with van der Waals surface area (Å²) in [5.41, 5.74) is 2.44. The molecule has 2 aromatic rings. The van der Waals surface area contributed by atoms with Crippen LogP contribution in [0.15, 0.2) is 54.6 Å². The summed E-state index contributed by atoms with van der Waals surface area (Å²) >= 11 is 0. The van der Waals surface area contributed by atoms with E-state index in [-0.39, 0.29) is 0 Å². The van der Waals surface area contributed by atoms with Gasteiger partial charge in [0.25, 0.3) is 6.47 Å². The highest BCUT2D eigenvalue weighted by Gasteiger charge is 1.98. The second kappa shape index (κ2) is 8.80. The van der Waals surface area contributed by atoms with Gasteiger partial charge in [-0.3, -0.25) is 4.79 Å². The van der Waals surface area contributed by atoms with E-state index in [2.05, 4.69) is 29.0 Å². The van der Waals surface area contributed by atoms with E-state index in [4.69, 9.17) is 4.74 Å². The Bertz CT molecular complexity index is 520. The maximum absolute atomic E-state index is 10.0. The molecule has 0 fully saturated rings. The maximum atomic E-state index is 10.0. The van der Waals surface area contributed by atoms with E-state index in [1.54, 1.807) is 0 Å². The Morgan fingerprint density at radius 2 is 1.62 bits per heavy atom. The molecule has 0 saturated carbocycles. The van der Waals surface area contributed by atoms with Crippen LogP contribution in [0.5, 0.6) is 5.75 Å². The Morgan fingerprint density at radius 1 is 0.857 bits per heavy atom. The number of ether oxygens (including phenoxy) is 2. The maximum Gasteiger partial charge on any atom is 0.293 e. The van der Waals surface area contributed by atoms with Gasteiger partial charge >= 0.3 is 0 Å². The average molecular weight is 284 g/mol. The summed E-state index contributed by atoms with van der Waals surface area (Å²) in [5.74, 6) is 0.881. The molecule has 0 unspecified atom stereocenters. The zero-order valence-electron chi connectivity index (χ0n) is 12.0. The van der Waals surface area contributed by atoms with Gasteiger partial charge in [-0.15, -0.1) is 0 Å². The summed E-state index contributed by atoms with van der Waals surface area (Å²) in [7, 11) is 0. The molecule has 0 heterocycles. The van der Waals surface area contributed by atoms with Gasteiger partial charge in [-0.05, 0) is 42.5 Å². The van der Waals surface area contributed by atoms with Crippen LogP contribution in [0.1, 0.15) is 24.0 Å². The number of rotatable bonds is 9. The molecular formula is C18H20O3. The van der Waals surface area contributed by atoms with Gasteiger partial charge in [0.15, 0.2) is 0 Å². The molecular weight excluding hydrogens is 264 g/mol. The number of carbonyl (C=O) groups excluding carboxylic acids is 1. The monoisotopic (exact) mass is 284 g/mol. The van der Waals surface area contributed by atoms with E-state index >= 15 is 0 Å². The van der Waals surface area contributed by atoms with Crippen LogP contribution in [0.25, 0.3) is 0 Å². The van der Waals surface area contributed by atoms with Gasteiger partial charge in [0.2, 0.25) is 0 Å². The van der Waals surface area contributed by atoms with Crippen LogP contribution in [0, 0.1) is 0 Å². The Balaban J connectivity index is 1.72. The lowest BCUT2D eigenvalue weighted by atomic mass is 10.1. The quantitative estimate of drug-likeness (QED) is 0.519. The predicted molar refractivity (Wildman–Crippen MR) is 82.2 cm³/mol. The Kier molecular flexibility index (Phi) is 6.33. The molecule has 0 aliphatic heterocycles. The number of unbranched alkanes of at least 4 members (excludes halogenated alkanes) is 1. The summed E-state index contributed by atoms with van der Waals surface area (Å²) in [6.45, 7) is 1.59. The third-order valence-corrected chi connectivity index (χ3v) is 3.22. The third-order valence-electron chi connectivity index (χ3n) is 3.22. The fourth-order valence-corrected chi connectivity index (χ4v) is 2.06. The van der Waals surface area contributed by atoms with Crippen molar-refractivity contribution in [2.75, 3.05) is 6.61 Å². The second-order valence-corrected chi connectivity index (χ2v) is 4.84. The topological polar surface area (TPSA) is 35.5 Å². The minimum Gasteiger partial charge on any atom is -0.489 e. The largest absolute Gasteiger partial charge is 0.489 e. The first kappa shape index (κ1) is 15.1. The fraction of sp³-hybridized carbons (Fsp3) is 0.278. The Morgan fingerprint density at radius 3 is 2.33 bits per heavy atom. The Hall–Kier alpha value is -2.29. The highest BCUT2D eigenvalue weighted by atomic mass is 16.5. The molecule has 0 saturated heterocycles. The highest BCUT2D eigenvalue weighted by Crippen LogP contribution is 2.15. The number of hydrogen-bond acceptors (Lipinski definition) is 3. The highest BCUT2D eigenvalue weighted by molar-refractivity contribution is 5.36. The minimum absolute atomic E-state index is 0.499. The smallest absolute Gasteiger partial charge is 0.293 e. The van der Waals surface area contributed by atoms with Crippen molar-refractivity contribution in [2.45, 2.75) is 25.9 Å². The molecule has 2 aromatic carbocycles. The number of carbonyl (C=O) groups is 1. The van der Waals surface area contributed by atoms with E-state index in [1.165, 1.54) is 5.56 Å². The van der Waals surface area contributed by atoms with Crippen molar-refractivity contribution in [3.05, 3.63) is 65.7 Å². The molecule has 0 aromatic heterocycles. The number of hydrogen-bond donors (Lipinski definition) is 0. The lowest BCUT2D eigenvalue weighted by Gasteiger charge is -2.07. The molecule has 21 heavy (non-hydrogen) atoms. The van der Waals surface area contributed by atoms with Gasteiger partial charge in [-0.2, -0.15) is 0 Å². The van der Waals surface area contributed by atoms with Crippen LogP contribution in [-0.4, -0.2) is 13.1 Å². The van der Waals surface area contributed by atoms with Crippen LogP contribution in [-0.2, 0) is 22.6 Å². The van der Waals surface area contributed by atoms with Crippen molar-refractivity contribution in [2.24, 2.45) is 0 Å².